The van der Waals surface area contributed by atoms with Crippen molar-refractivity contribution in [3.8, 4) is 0 Å². The average molecular weight is 265 g/mol. The summed E-state index contributed by atoms with van der Waals surface area (Å²) in [5.41, 5.74) is 0. The molecule has 2 aromatic heterocycles. The molecule has 3 rings (SSSR count). The van der Waals surface area contributed by atoms with Crippen LogP contribution in [-0.2, 0) is 4.74 Å². The van der Waals surface area contributed by atoms with Crippen molar-refractivity contribution < 1.29 is 9.64 Å². The van der Waals surface area contributed by atoms with Gasteiger partial charge in [0.05, 0.1) is 31.7 Å². The first-order valence-corrected chi connectivity index (χ1v) is 7.15. The molecule has 0 unspecified atom stereocenters. The molecule has 1 aliphatic rings. The Hall–Kier alpha value is -1.24. The standard InChI is InChI=1S/C12H16N4OS/c1-8-18-12-10(1)11(14-9-15-12)13-2-3-16-4-6-17-7-5-16/h1,8-9H,2-7H2,(H,13,14,15)/p+1. The highest BCUT2D eigenvalue weighted by Gasteiger charge is 2.13. The maximum Gasteiger partial charge on any atom is 0.138 e. The van der Waals surface area contributed by atoms with Crippen molar-refractivity contribution in [1.29, 1.82) is 0 Å². The molecule has 1 aliphatic heterocycles. The lowest BCUT2D eigenvalue weighted by molar-refractivity contribution is -0.906. The van der Waals surface area contributed by atoms with Gasteiger partial charge in [-0.1, -0.05) is 0 Å². The van der Waals surface area contributed by atoms with E-state index < -0.39 is 0 Å². The van der Waals surface area contributed by atoms with Gasteiger partial charge in [-0.25, -0.2) is 9.97 Å². The largest absolute Gasteiger partial charge is 0.370 e. The molecule has 0 atom stereocenters. The smallest absolute Gasteiger partial charge is 0.138 e. The third kappa shape index (κ3) is 2.60. The van der Waals surface area contributed by atoms with Gasteiger partial charge in [-0.2, -0.15) is 0 Å². The Bertz CT molecular complexity index is 510. The summed E-state index contributed by atoms with van der Waals surface area (Å²) < 4.78 is 5.35. The number of quaternary nitrogens is 1. The summed E-state index contributed by atoms with van der Waals surface area (Å²) in [6.45, 7) is 6.05. The fraction of sp³-hybridized carbons (Fsp3) is 0.500. The number of aromatic nitrogens is 2. The van der Waals surface area contributed by atoms with Crippen molar-refractivity contribution in [2.24, 2.45) is 0 Å². The van der Waals surface area contributed by atoms with Gasteiger partial charge in [0.2, 0.25) is 0 Å². The van der Waals surface area contributed by atoms with Crippen LogP contribution >= 0.6 is 11.3 Å². The number of nitrogens with zero attached hydrogens (tertiary/aromatic N) is 2. The van der Waals surface area contributed by atoms with Gasteiger partial charge < -0.3 is 15.0 Å². The van der Waals surface area contributed by atoms with Crippen LogP contribution in [0.25, 0.3) is 10.2 Å². The normalized spacial score (nSPS) is 17.1. The average Bonchev–Trinajstić information content (AvgIpc) is 2.89. The topological polar surface area (TPSA) is 51.5 Å². The summed E-state index contributed by atoms with van der Waals surface area (Å²) in [4.78, 5) is 11.2. The first kappa shape index (κ1) is 11.8. The molecule has 0 aromatic carbocycles. The summed E-state index contributed by atoms with van der Waals surface area (Å²) >= 11 is 1.65. The molecule has 0 aliphatic carbocycles. The first-order valence-electron chi connectivity index (χ1n) is 6.27. The van der Waals surface area contributed by atoms with Crippen LogP contribution in [0, 0.1) is 0 Å². The number of fused-ring (bicyclic) bond motifs is 1. The van der Waals surface area contributed by atoms with Gasteiger partial charge in [-0.15, -0.1) is 11.3 Å². The Morgan fingerprint density at radius 2 is 2.22 bits per heavy atom. The van der Waals surface area contributed by atoms with E-state index in [2.05, 4.69) is 26.7 Å². The Balaban J connectivity index is 1.57. The molecule has 1 fully saturated rings. The van der Waals surface area contributed by atoms with E-state index in [1.807, 2.05) is 0 Å². The maximum atomic E-state index is 5.35. The molecule has 3 heterocycles. The number of hydrogen-bond donors (Lipinski definition) is 2. The summed E-state index contributed by atoms with van der Waals surface area (Å²) in [6, 6.07) is 2.07. The number of ether oxygens (including phenoxy) is 1. The van der Waals surface area contributed by atoms with Gasteiger partial charge in [-0.05, 0) is 11.4 Å². The lowest BCUT2D eigenvalue weighted by atomic mass is 10.3. The monoisotopic (exact) mass is 265 g/mol. The number of thiophene rings is 1. The third-order valence-electron chi connectivity index (χ3n) is 3.23. The highest BCUT2D eigenvalue weighted by Crippen LogP contribution is 2.23. The van der Waals surface area contributed by atoms with E-state index in [1.54, 1.807) is 22.6 Å². The first-order chi connectivity index (χ1) is 8.93. The minimum atomic E-state index is 0.887. The van der Waals surface area contributed by atoms with Crippen LogP contribution in [0.4, 0.5) is 5.82 Å². The SMILES string of the molecule is c1nc(NCC[NH+]2CCOCC2)c2ccsc2n1. The third-order valence-corrected chi connectivity index (χ3v) is 4.05. The fourth-order valence-corrected chi connectivity index (χ4v) is 2.93. The molecule has 5 nitrogen and oxygen atoms in total. The summed E-state index contributed by atoms with van der Waals surface area (Å²) in [6.07, 6.45) is 1.63. The minimum absolute atomic E-state index is 0.887. The van der Waals surface area contributed by atoms with Crippen LogP contribution in [0.15, 0.2) is 17.8 Å². The Kier molecular flexibility index (Phi) is 3.68. The molecule has 0 bridgehead atoms. The van der Waals surface area contributed by atoms with Gasteiger partial charge in [0, 0.05) is 0 Å². The lowest BCUT2D eigenvalue weighted by Crippen LogP contribution is -3.14. The number of morpholine rings is 1. The van der Waals surface area contributed by atoms with E-state index in [0.29, 0.717) is 0 Å². The second-order valence-electron chi connectivity index (χ2n) is 4.40. The van der Waals surface area contributed by atoms with Crippen LogP contribution in [-0.4, -0.2) is 49.4 Å². The molecule has 6 heteroatoms. The van der Waals surface area contributed by atoms with Crippen LogP contribution in [0.2, 0.25) is 0 Å². The second-order valence-corrected chi connectivity index (χ2v) is 5.30. The van der Waals surface area contributed by atoms with Crippen molar-refractivity contribution in [1.82, 2.24) is 9.97 Å². The number of rotatable bonds is 4. The predicted octanol–water partition coefficient (Wildman–Crippen LogP) is 0.0183. The number of anilines is 1. The maximum absolute atomic E-state index is 5.35. The van der Waals surface area contributed by atoms with E-state index in [9.17, 15) is 0 Å². The molecule has 0 radical (unpaired) electrons. The summed E-state index contributed by atoms with van der Waals surface area (Å²) in [5.74, 6) is 0.953. The predicted molar refractivity (Wildman–Crippen MR) is 72.3 cm³/mol. The van der Waals surface area contributed by atoms with Gasteiger partial charge in [0.1, 0.15) is 30.1 Å². The van der Waals surface area contributed by atoms with Crippen LogP contribution in [0.5, 0.6) is 0 Å². The summed E-state index contributed by atoms with van der Waals surface area (Å²) in [7, 11) is 0. The Morgan fingerprint density at radius 1 is 1.33 bits per heavy atom. The number of hydrogen-bond acceptors (Lipinski definition) is 5. The van der Waals surface area contributed by atoms with Gasteiger partial charge >= 0.3 is 0 Å². The highest BCUT2D eigenvalue weighted by atomic mass is 32.1. The molecular formula is C12H17N4OS+. The fourth-order valence-electron chi connectivity index (χ4n) is 2.20. The zero-order chi connectivity index (χ0) is 12.2. The second kappa shape index (κ2) is 5.60. The Labute approximate surface area is 110 Å². The van der Waals surface area contributed by atoms with Gasteiger partial charge in [-0.3, -0.25) is 0 Å². The molecular weight excluding hydrogens is 248 g/mol. The van der Waals surface area contributed by atoms with E-state index in [-0.39, 0.29) is 0 Å². The molecule has 0 amide bonds. The van der Waals surface area contributed by atoms with Gasteiger partial charge in [0.15, 0.2) is 0 Å². The van der Waals surface area contributed by atoms with E-state index in [0.717, 1.165) is 55.4 Å². The van der Waals surface area contributed by atoms with Crippen molar-refractivity contribution >= 4 is 27.4 Å². The van der Waals surface area contributed by atoms with Crippen molar-refractivity contribution in [3.63, 3.8) is 0 Å². The lowest BCUT2D eigenvalue weighted by Gasteiger charge is -2.23. The van der Waals surface area contributed by atoms with E-state index >= 15 is 0 Å². The van der Waals surface area contributed by atoms with Crippen LogP contribution in [0.3, 0.4) is 0 Å². The molecule has 0 spiro atoms. The van der Waals surface area contributed by atoms with Crippen LogP contribution < -0.4 is 10.2 Å². The quantitative estimate of drug-likeness (QED) is 0.818. The zero-order valence-corrected chi connectivity index (χ0v) is 11.0. The molecule has 2 N–H and O–H groups in total. The van der Waals surface area contributed by atoms with Crippen LogP contribution in [0.1, 0.15) is 0 Å². The molecule has 0 saturated carbocycles. The molecule has 96 valence electrons. The van der Waals surface area contributed by atoms with Gasteiger partial charge in [0.25, 0.3) is 0 Å². The van der Waals surface area contributed by atoms with E-state index in [1.165, 1.54) is 0 Å². The molecule has 18 heavy (non-hydrogen) atoms. The van der Waals surface area contributed by atoms with Crippen molar-refractivity contribution in [2.45, 2.75) is 0 Å². The number of nitrogens with one attached hydrogen (secondary N) is 2. The summed E-state index contributed by atoms with van der Waals surface area (Å²) in [5, 5.41) is 6.59. The molecule has 1 saturated heterocycles. The highest BCUT2D eigenvalue weighted by molar-refractivity contribution is 7.16. The zero-order valence-electron chi connectivity index (χ0n) is 10.2. The van der Waals surface area contributed by atoms with Crippen molar-refractivity contribution in [2.75, 3.05) is 44.7 Å². The van der Waals surface area contributed by atoms with E-state index in [4.69, 9.17) is 4.74 Å². The molecule has 2 aromatic rings. The van der Waals surface area contributed by atoms with Crippen molar-refractivity contribution in [3.05, 3.63) is 17.8 Å². The minimum Gasteiger partial charge on any atom is -0.370 e. The Morgan fingerprint density at radius 3 is 3.11 bits per heavy atom.